The van der Waals surface area contributed by atoms with E-state index >= 15 is 0 Å². The van der Waals surface area contributed by atoms with E-state index < -0.39 is 6.17 Å². The van der Waals surface area contributed by atoms with Crippen molar-refractivity contribution < 1.29 is 4.42 Å². The van der Waals surface area contributed by atoms with Gasteiger partial charge >= 0.3 is 0 Å². The number of hydrogen-bond donors (Lipinski definition) is 1. The van der Waals surface area contributed by atoms with Crippen molar-refractivity contribution in [2.75, 3.05) is 0 Å². The second-order valence-electron chi connectivity index (χ2n) is 18.2. The van der Waals surface area contributed by atoms with Gasteiger partial charge in [0.25, 0.3) is 0 Å². The molecule has 0 fully saturated rings. The van der Waals surface area contributed by atoms with Crippen LogP contribution in [0.15, 0.2) is 233 Å². The number of amidine groups is 2. The summed E-state index contributed by atoms with van der Waals surface area (Å²) in [6, 6.07) is 78.9. The van der Waals surface area contributed by atoms with Gasteiger partial charge in [0, 0.05) is 44.3 Å². The molecule has 316 valence electrons. The standard InChI is InChI=1S/C63H38N4O/c1-2-14-38-27-46(26-25-37(38)13-1)61-64-62(54-31-45-21-9-10-22-47(45)48-23-11-12-24-49(48)54)66-63(65-61)55-35-53-52-30-41-17-5-8-20-44(41)34-59(52)68-60(53)36-58(55)67-56-32-42-18-6-3-15-39(42)28-50(56)51-29-40-16-4-7-19-43(40)33-57(51)67/h1-36,62H,(H,64,65,66). The van der Waals surface area contributed by atoms with Crippen LogP contribution in [0.3, 0.4) is 0 Å². The van der Waals surface area contributed by atoms with Gasteiger partial charge in [0.15, 0.2) is 5.84 Å². The first kappa shape index (κ1) is 37.2. The highest BCUT2D eigenvalue weighted by Gasteiger charge is 2.28. The van der Waals surface area contributed by atoms with Crippen molar-refractivity contribution in [1.29, 1.82) is 0 Å². The van der Waals surface area contributed by atoms with Crippen molar-refractivity contribution in [3.8, 4) is 5.69 Å². The fraction of sp³-hybridized carbons (Fsp3) is 0.0159. The van der Waals surface area contributed by atoms with Crippen molar-refractivity contribution in [1.82, 2.24) is 9.88 Å². The normalized spacial score (nSPS) is 14.3. The van der Waals surface area contributed by atoms with Crippen molar-refractivity contribution >= 4 is 120 Å². The lowest BCUT2D eigenvalue weighted by atomic mass is 9.95. The van der Waals surface area contributed by atoms with Crippen LogP contribution in [0.25, 0.3) is 114 Å². The summed E-state index contributed by atoms with van der Waals surface area (Å²) >= 11 is 0. The summed E-state index contributed by atoms with van der Waals surface area (Å²) < 4.78 is 9.36. The van der Waals surface area contributed by atoms with Gasteiger partial charge in [-0.15, -0.1) is 0 Å². The molecule has 1 unspecified atom stereocenters. The molecule has 0 bridgehead atoms. The minimum Gasteiger partial charge on any atom is -0.456 e. The van der Waals surface area contributed by atoms with E-state index in [1.54, 1.807) is 0 Å². The van der Waals surface area contributed by atoms with Gasteiger partial charge < -0.3 is 14.3 Å². The maximum atomic E-state index is 6.92. The Morgan fingerprint density at radius 2 is 0.882 bits per heavy atom. The topological polar surface area (TPSA) is 54.8 Å². The number of hydrogen-bond acceptors (Lipinski definition) is 4. The number of benzene rings is 12. The molecule has 0 saturated carbocycles. The smallest absolute Gasteiger partial charge is 0.159 e. The van der Waals surface area contributed by atoms with Gasteiger partial charge in [-0.2, -0.15) is 0 Å². The van der Waals surface area contributed by atoms with E-state index in [0.29, 0.717) is 5.84 Å². The number of nitrogens with one attached hydrogen (secondary N) is 1. The second-order valence-corrected chi connectivity index (χ2v) is 18.2. The predicted molar refractivity (Wildman–Crippen MR) is 285 cm³/mol. The van der Waals surface area contributed by atoms with Crippen LogP contribution in [-0.4, -0.2) is 16.2 Å². The van der Waals surface area contributed by atoms with Gasteiger partial charge in [0.1, 0.15) is 23.2 Å². The molecular formula is C63H38N4O. The Morgan fingerprint density at radius 3 is 1.54 bits per heavy atom. The molecule has 0 amide bonds. The molecule has 14 aromatic rings. The number of furan rings is 1. The molecule has 0 radical (unpaired) electrons. The minimum atomic E-state index is -0.474. The van der Waals surface area contributed by atoms with Crippen molar-refractivity contribution in [2.45, 2.75) is 6.17 Å². The van der Waals surface area contributed by atoms with Crippen LogP contribution in [0.2, 0.25) is 0 Å². The largest absolute Gasteiger partial charge is 0.456 e. The Balaban J connectivity index is 1.06. The van der Waals surface area contributed by atoms with E-state index in [4.69, 9.17) is 14.4 Å². The number of fused-ring (bicyclic) bond motifs is 13. The molecule has 1 atom stereocenters. The summed E-state index contributed by atoms with van der Waals surface area (Å²) in [7, 11) is 0. The van der Waals surface area contributed by atoms with Crippen LogP contribution in [0.4, 0.5) is 0 Å². The van der Waals surface area contributed by atoms with Gasteiger partial charge in [0.05, 0.1) is 16.7 Å². The summed E-state index contributed by atoms with van der Waals surface area (Å²) in [6.45, 7) is 0. The fourth-order valence-electron chi connectivity index (χ4n) is 11.0. The SMILES string of the molecule is c1ccc2cc(C3=NC(c4cc5ccccc5c5ccccc45)NC(c4cc5c(cc4-n4c6cc7ccccc7cc6c6cc7ccccc7cc64)oc4cc6ccccc6cc45)=N3)ccc2c1. The van der Waals surface area contributed by atoms with Gasteiger partial charge in [-0.1, -0.05) is 158 Å². The van der Waals surface area contributed by atoms with Gasteiger partial charge in [-0.3, -0.25) is 0 Å². The van der Waals surface area contributed by atoms with Crippen LogP contribution >= 0.6 is 0 Å². The first-order valence-electron chi connectivity index (χ1n) is 23.2. The van der Waals surface area contributed by atoms with Gasteiger partial charge in [-0.05, 0) is 119 Å². The zero-order chi connectivity index (χ0) is 44.5. The zero-order valence-electron chi connectivity index (χ0n) is 36.6. The molecule has 1 N–H and O–H groups in total. The highest BCUT2D eigenvalue weighted by atomic mass is 16.3. The van der Waals surface area contributed by atoms with E-state index in [2.05, 4.69) is 228 Å². The molecule has 3 heterocycles. The molecule has 15 rings (SSSR count). The number of rotatable bonds is 4. The van der Waals surface area contributed by atoms with E-state index in [-0.39, 0.29) is 0 Å². The minimum absolute atomic E-state index is 0.474. The molecule has 68 heavy (non-hydrogen) atoms. The van der Waals surface area contributed by atoms with Crippen LogP contribution < -0.4 is 5.32 Å². The summed E-state index contributed by atoms with van der Waals surface area (Å²) in [5.74, 6) is 1.40. The summed E-state index contributed by atoms with van der Waals surface area (Å²) in [5.41, 5.74) is 7.80. The number of aliphatic imine (C=N–C) groups is 2. The lowest BCUT2D eigenvalue weighted by Crippen LogP contribution is -2.34. The lowest BCUT2D eigenvalue weighted by Gasteiger charge is -2.26. The van der Waals surface area contributed by atoms with E-state index in [1.165, 1.54) is 53.9 Å². The zero-order valence-corrected chi connectivity index (χ0v) is 36.6. The molecule has 5 nitrogen and oxygen atoms in total. The fourth-order valence-corrected chi connectivity index (χ4v) is 11.0. The Hall–Kier alpha value is -9.06. The van der Waals surface area contributed by atoms with Crippen LogP contribution in [-0.2, 0) is 0 Å². The first-order chi connectivity index (χ1) is 33.6. The molecule has 5 heteroatoms. The Kier molecular flexibility index (Phi) is 7.78. The van der Waals surface area contributed by atoms with Crippen molar-refractivity contribution in [2.24, 2.45) is 9.98 Å². The Bertz CT molecular complexity index is 4460. The molecule has 0 saturated heterocycles. The number of aromatic nitrogens is 1. The summed E-state index contributed by atoms with van der Waals surface area (Å²) in [4.78, 5) is 11.2. The monoisotopic (exact) mass is 866 g/mol. The highest BCUT2D eigenvalue weighted by molar-refractivity contribution is 6.22. The van der Waals surface area contributed by atoms with E-state index in [1.807, 2.05) is 0 Å². The van der Waals surface area contributed by atoms with Crippen LogP contribution in [0.1, 0.15) is 22.9 Å². The predicted octanol–water partition coefficient (Wildman–Crippen LogP) is 16.1. The van der Waals surface area contributed by atoms with Crippen LogP contribution in [0, 0.1) is 0 Å². The lowest BCUT2D eigenvalue weighted by molar-refractivity contribution is 0.669. The van der Waals surface area contributed by atoms with Gasteiger partial charge in [-0.25, -0.2) is 9.98 Å². The van der Waals surface area contributed by atoms with Crippen LogP contribution in [0.5, 0.6) is 0 Å². The van der Waals surface area contributed by atoms with E-state index in [0.717, 1.165) is 82.7 Å². The molecule has 2 aromatic heterocycles. The maximum absolute atomic E-state index is 6.92. The average molecular weight is 867 g/mol. The highest BCUT2D eigenvalue weighted by Crippen LogP contribution is 2.42. The second kappa shape index (κ2) is 14.2. The molecule has 12 aromatic carbocycles. The van der Waals surface area contributed by atoms with Gasteiger partial charge in [0.2, 0.25) is 0 Å². The quantitative estimate of drug-likeness (QED) is 0.179. The van der Waals surface area contributed by atoms with Crippen molar-refractivity contribution in [3.05, 3.63) is 235 Å². The number of nitrogens with zero attached hydrogens (tertiary/aromatic N) is 3. The third kappa shape index (κ3) is 5.63. The molecule has 1 aliphatic heterocycles. The van der Waals surface area contributed by atoms with E-state index in [9.17, 15) is 0 Å². The molecule has 0 aliphatic carbocycles. The Labute approximate surface area is 389 Å². The molecule has 0 spiro atoms. The summed E-state index contributed by atoms with van der Waals surface area (Å²) in [6.07, 6.45) is -0.474. The average Bonchev–Trinajstić information content (AvgIpc) is 3.90. The summed E-state index contributed by atoms with van der Waals surface area (Å²) in [5, 5.41) is 22.5. The molecular weight excluding hydrogens is 829 g/mol. The molecule has 1 aliphatic rings. The van der Waals surface area contributed by atoms with Crippen molar-refractivity contribution in [3.63, 3.8) is 0 Å². The Morgan fingerprint density at radius 1 is 0.382 bits per heavy atom. The third-order valence-corrected chi connectivity index (χ3v) is 14.3. The first-order valence-corrected chi connectivity index (χ1v) is 23.2. The maximum Gasteiger partial charge on any atom is 0.159 e. The third-order valence-electron chi connectivity index (χ3n) is 14.3.